The van der Waals surface area contributed by atoms with Gasteiger partial charge < -0.3 is 9.30 Å². The third-order valence-electron chi connectivity index (χ3n) is 4.01. The van der Waals surface area contributed by atoms with Crippen LogP contribution in [0.3, 0.4) is 0 Å². The number of hydrogen-bond donors (Lipinski definition) is 0. The lowest BCUT2D eigenvalue weighted by atomic mass is 10.1. The number of halogens is 5. The molecule has 2 heterocycles. The minimum Gasteiger partial charge on any atom is -0.461 e. The molecule has 0 bridgehead atoms. The third kappa shape index (κ3) is 3.67. The van der Waals surface area contributed by atoms with E-state index in [9.17, 15) is 22.0 Å². The summed E-state index contributed by atoms with van der Waals surface area (Å²) in [6.45, 7) is 3.03. The van der Waals surface area contributed by atoms with Gasteiger partial charge in [-0.15, -0.1) is 10.2 Å². The Morgan fingerprint density at radius 3 is 2.36 bits per heavy atom. The Kier molecular flexibility index (Phi) is 4.82. The largest absolute Gasteiger partial charge is 0.461 e. The van der Waals surface area contributed by atoms with Crippen molar-refractivity contribution in [3.8, 4) is 17.3 Å². The molecule has 0 unspecified atom stereocenters. The van der Waals surface area contributed by atoms with Crippen molar-refractivity contribution in [1.29, 1.82) is 0 Å². The lowest BCUT2D eigenvalue weighted by Crippen LogP contribution is -2.30. The Bertz CT molecular complexity index is 1010. The summed E-state index contributed by atoms with van der Waals surface area (Å²) in [7, 11) is 1.47. The second kappa shape index (κ2) is 6.84. The third-order valence-corrected chi connectivity index (χ3v) is 4.01. The summed E-state index contributed by atoms with van der Waals surface area (Å²) in [5.74, 6) is -2.26. The number of pyridine rings is 1. The summed E-state index contributed by atoms with van der Waals surface area (Å²) in [6.07, 6.45) is -3.79. The standard InChI is InChI=1S/C18H15F5N4O/c1-17(2,28-15-13(20)8-10(19)9-24-15)16-26-25-14(27(16)3)11-6-4-5-7-12(11)18(21,22)23/h4-9H,1-3H3. The molecule has 3 rings (SSSR count). The molecule has 3 aromatic rings. The van der Waals surface area contributed by atoms with Crippen LogP contribution in [0.2, 0.25) is 0 Å². The molecular weight excluding hydrogens is 383 g/mol. The van der Waals surface area contributed by atoms with Crippen molar-refractivity contribution in [3.05, 3.63) is 59.6 Å². The first kappa shape index (κ1) is 19.7. The van der Waals surface area contributed by atoms with E-state index in [2.05, 4.69) is 15.2 Å². The number of rotatable bonds is 4. The smallest absolute Gasteiger partial charge is 0.417 e. The summed E-state index contributed by atoms with van der Waals surface area (Å²) in [5, 5.41) is 7.79. The lowest BCUT2D eigenvalue weighted by molar-refractivity contribution is -0.137. The molecule has 1 aromatic carbocycles. The second-order valence-corrected chi connectivity index (χ2v) is 6.50. The highest BCUT2D eigenvalue weighted by atomic mass is 19.4. The zero-order valence-corrected chi connectivity index (χ0v) is 15.1. The van der Waals surface area contributed by atoms with Gasteiger partial charge in [-0.2, -0.15) is 13.2 Å². The molecule has 2 aromatic heterocycles. The predicted molar refractivity (Wildman–Crippen MR) is 89.2 cm³/mol. The normalized spacial score (nSPS) is 12.3. The highest BCUT2D eigenvalue weighted by Gasteiger charge is 2.36. The van der Waals surface area contributed by atoms with Crippen molar-refractivity contribution in [2.24, 2.45) is 7.05 Å². The van der Waals surface area contributed by atoms with Crippen LogP contribution in [0.15, 0.2) is 36.5 Å². The molecule has 0 aliphatic heterocycles. The van der Waals surface area contributed by atoms with Crippen LogP contribution >= 0.6 is 0 Å². The van der Waals surface area contributed by atoms with Crippen molar-refractivity contribution in [3.63, 3.8) is 0 Å². The van der Waals surface area contributed by atoms with Gasteiger partial charge in [0.25, 0.3) is 5.88 Å². The molecule has 0 aliphatic rings. The van der Waals surface area contributed by atoms with Gasteiger partial charge in [0, 0.05) is 18.7 Å². The molecular formula is C18H15F5N4O. The highest BCUT2D eigenvalue weighted by molar-refractivity contribution is 5.61. The Labute approximate surface area is 156 Å². The highest BCUT2D eigenvalue weighted by Crippen LogP contribution is 2.37. The van der Waals surface area contributed by atoms with Crippen LogP contribution in [-0.4, -0.2) is 19.7 Å². The molecule has 10 heteroatoms. The van der Waals surface area contributed by atoms with E-state index in [0.717, 1.165) is 12.3 Å². The Morgan fingerprint density at radius 2 is 1.71 bits per heavy atom. The van der Waals surface area contributed by atoms with Gasteiger partial charge in [-0.25, -0.2) is 13.8 Å². The zero-order chi connectivity index (χ0) is 20.7. The minimum absolute atomic E-state index is 0.0351. The van der Waals surface area contributed by atoms with Gasteiger partial charge in [-0.3, -0.25) is 0 Å². The van der Waals surface area contributed by atoms with Crippen LogP contribution in [0, 0.1) is 11.6 Å². The molecule has 148 valence electrons. The molecule has 0 aliphatic carbocycles. The maximum Gasteiger partial charge on any atom is 0.417 e. The van der Waals surface area contributed by atoms with Gasteiger partial charge in [0.15, 0.2) is 23.1 Å². The number of benzene rings is 1. The van der Waals surface area contributed by atoms with Gasteiger partial charge in [0.2, 0.25) is 0 Å². The monoisotopic (exact) mass is 398 g/mol. The topological polar surface area (TPSA) is 52.8 Å². The maximum atomic E-state index is 13.9. The van der Waals surface area contributed by atoms with E-state index in [1.807, 2.05) is 0 Å². The van der Waals surface area contributed by atoms with Crippen molar-refractivity contribution in [2.75, 3.05) is 0 Å². The fourth-order valence-electron chi connectivity index (χ4n) is 2.78. The molecule has 0 amide bonds. The van der Waals surface area contributed by atoms with Crippen LogP contribution in [0.4, 0.5) is 22.0 Å². The summed E-state index contributed by atoms with van der Waals surface area (Å²) in [4.78, 5) is 3.55. The van der Waals surface area contributed by atoms with Gasteiger partial charge in [0.1, 0.15) is 5.82 Å². The average molecular weight is 398 g/mol. The van der Waals surface area contributed by atoms with Crippen LogP contribution in [-0.2, 0) is 18.8 Å². The first-order chi connectivity index (χ1) is 13.0. The van der Waals surface area contributed by atoms with Crippen molar-refractivity contribution in [2.45, 2.75) is 25.6 Å². The zero-order valence-electron chi connectivity index (χ0n) is 15.1. The molecule has 0 spiro atoms. The van der Waals surface area contributed by atoms with Gasteiger partial charge >= 0.3 is 6.18 Å². The summed E-state index contributed by atoms with van der Waals surface area (Å²) >= 11 is 0. The molecule has 0 N–H and O–H groups in total. The lowest BCUT2D eigenvalue weighted by Gasteiger charge is -2.25. The van der Waals surface area contributed by atoms with Crippen LogP contribution in [0.25, 0.3) is 11.4 Å². The second-order valence-electron chi connectivity index (χ2n) is 6.50. The molecule has 0 atom stereocenters. The number of hydrogen-bond acceptors (Lipinski definition) is 4. The maximum absolute atomic E-state index is 13.9. The van der Waals surface area contributed by atoms with Crippen LogP contribution in [0.1, 0.15) is 25.2 Å². The van der Waals surface area contributed by atoms with Crippen LogP contribution < -0.4 is 4.74 Å². The van der Waals surface area contributed by atoms with E-state index >= 15 is 0 Å². The quantitative estimate of drug-likeness (QED) is 0.608. The number of nitrogens with zero attached hydrogens (tertiary/aromatic N) is 4. The molecule has 28 heavy (non-hydrogen) atoms. The Hall–Kier alpha value is -3.04. The number of alkyl halides is 3. The van der Waals surface area contributed by atoms with Crippen molar-refractivity contribution >= 4 is 0 Å². The predicted octanol–water partition coefficient (Wildman–Crippen LogP) is 4.49. The van der Waals surface area contributed by atoms with Crippen LogP contribution in [0.5, 0.6) is 5.88 Å². The molecule has 0 saturated carbocycles. The van der Waals surface area contributed by atoms with E-state index in [0.29, 0.717) is 6.07 Å². The van der Waals surface area contributed by atoms with E-state index in [1.165, 1.54) is 43.7 Å². The van der Waals surface area contributed by atoms with E-state index in [4.69, 9.17) is 4.74 Å². The number of ether oxygens (including phenoxy) is 1. The van der Waals surface area contributed by atoms with E-state index < -0.39 is 34.9 Å². The minimum atomic E-state index is -4.57. The summed E-state index contributed by atoms with van der Waals surface area (Å²) in [5.41, 5.74) is -2.33. The molecule has 0 radical (unpaired) electrons. The van der Waals surface area contributed by atoms with Crippen molar-refractivity contribution in [1.82, 2.24) is 19.7 Å². The number of aromatic nitrogens is 4. The molecule has 0 fully saturated rings. The van der Waals surface area contributed by atoms with Gasteiger partial charge in [-0.1, -0.05) is 18.2 Å². The molecule has 0 saturated heterocycles. The molecule has 5 nitrogen and oxygen atoms in total. The fraction of sp³-hybridized carbons (Fsp3) is 0.278. The average Bonchev–Trinajstić information content (AvgIpc) is 2.99. The first-order valence-corrected chi connectivity index (χ1v) is 8.07. The van der Waals surface area contributed by atoms with Crippen molar-refractivity contribution < 1.29 is 26.7 Å². The SMILES string of the molecule is Cn1c(-c2ccccc2C(F)(F)F)nnc1C(C)(C)Oc1ncc(F)cc1F. The summed E-state index contributed by atoms with van der Waals surface area (Å²) in [6, 6.07) is 5.58. The Balaban J connectivity index is 2.01. The van der Waals surface area contributed by atoms with Gasteiger partial charge in [-0.05, 0) is 19.9 Å². The van der Waals surface area contributed by atoms with E-state index in [1.54, 1.807) is 0 Å². The summed E-state index contributed by atoms with van der Waals surface area (Å²) < 4.78 is 73.6. The fourth-order valence-corrected chi connectivity index (χ4v) is 2.78. The Morgan fingerprint density at radius 1 is 1.04 bits per heavy atom. The van der Waals surface area contributed by atoms with Gasteiger partial charge in [0.05, 0.1) is 11.8 Å². The first-order valence-electron chi connectivity index (χ1n) is 8.07. The van der Waals surface area contributed by atoms with E-state index in [-0.39, 0.29) is 17.2 Å².